The molecule has 2 atom stereocenters. The number of esters is 4. The molecule has 2 aliphatic rings. The average molecular weight is 1680 g/mol. The molecule has 8 aromatic rings. The van der Waals surface area contributed by atoms with Crippen molar-refractivity contribution in [1.82, 2.24) is 0 Å². The molecule has 0 aromatic heterocycles. The van der Waals surface area contributed by atoms with Crippen molar-refractivity contribution in [2.75, 3.05) is 40.6 Å². The van der Waals surface area contributed by atoms with Gasteiger partial charge in [0.15, 0.2) is 0 Å². The Morgan fingerprint density at radius 1 is 0.292 bits per heavy atom. The molecular weight excluding hydrogens is 1560 g/mol. The summed E-state index contributed by atoms with van der Waals surface area (Å²) in [5, 5.41) is 5.17. The van der Waals surface area contributed by atoms with Crippen molar-refractivity contribution in [3.63, 3.8) is 0 Å². The molecule has 10 rings (SSSR count). The SMILES string of the molecule is CCC(C)(C)C(=O)OCCC[Si]12O[Si](CCCOC(=O)C(C)(C)CC)(O[Si](OC)(c3ccccc3)c3ccccc3)O[Si](c3ccccc3)(c3ccccc3)O[Si](CCCOC(=O)C(C)(C)CC)(O1)O[Si](c1ccccc1)(c1ccccc1)O[Si](CCCOC(=O)C(C)(C)CC)(O[Si](OC)(c1ccccc1)c1ccccc1)O2. The number of hydrogen-bond donors (Lipinski definition) is 0. The zero-order valence-corrected chi connectivity index (χ0v) is 76.2. The van der Waals surface area contributed by atoms with E-state index in [0.717, 1.165) is 0 Å². The van der Waals surface area contributed by atoms with E-state index in [2.05, 4.69) is 0 Å². The summed E-state index contributed by atoms with van der Waals surface area (Å²) in [5.74, 6) is -1.62. The van der Waals surface area contributed by atoms with Crippen LogP contribution in [0.3, 0.4) is 0 Å². The third-order valence-electron chi connectivity index (χ3n) is 21.7. The first kappa shape index (κ1) is 88.3. The van der Waals surface area contributed by atoms with Crippen molar-refractivity contribution >= 4 is 135 Å². The fourth-order valence-electron chi connectivity index (χ4n) is 13.3. The Bertz CT molecular complexity index is 3940. The molecule has 2 saturated heterocycles. The maximum Gasteiger partial charge on any atom is 0.479 e. The van der Waals surface area contributed by atoms with E-state index in [4.69, 9.17) is 64.8 Å². The highest BCUT2D eigenvalue weighted by Gasteiger charge is 2.76. The van der Waals surface area contributed by atoms with E-state index < -0.39 is 115 Å². The zero-order valence-electron chi connectivity index (χ0n) is 68.2. The van der Waals surface area contributed by atoms with Gasteiger partial charge >= 0.3 is 93.3 Å². The van der Waals surface area contributed by atoms with E-state index in [1.807, 2.05) is 326 Å². The number of hydrogen-bond acceptors (Lipinski definition) is 19. The largest absolute Gasteiger partial charge is 0.479 e. The lowest BCUT2D eigenvalue weighted by Gasteiger charge is -2.57. The molecule has 2 fully saturated rings. The molecule has 27 heteroatoms. The molecule has 2 aliphatic heterocycles. The maximum atomic E-state index is 14.5. The molecule has 2 bridgehead atoms. The molecule has 0 N–H and O–H groups in total. The Morgan fingerprint density at radius 3 is 0.726 bits per heavy atom. The minimum Gasteiger partial charge on any atom is -0.465 e. The number of ether oxygens (including phenoxy) is 4. The molecule has 113 heavy (non-hydrogen) atoms. The Kier molecular flexibility index (Phi) is 30.0. The van der Waals surface area contributed by atoms with E-state index in [9.17, 15) is 19.2 Å². The van der Waals surface area contributed by atoms with Crippen LogP contribution < -0.4 is 41.5 Å². The van der Waals surface area contributed by atoms with Crippen LogP contribution in [0.15, 0.2) is 243 Å². The first-order chi connectivity index (χ1) is 54.1. The van der Waals surface area contributed by atoms with Crippen LogP contribution in [0, 0.1) is 21.7 Å². The van der Waals surface area contributed by atoms with Crippen LogP contribution in [0.4, 0.5) is 0 Å². The first-order valence-corrected chi connectivity index (χ1v) is 54.6. The highest BCUT2D eigenvalue weighted by atomic mass is 28.6. The average Bonchev–Trinajstić information content (AvgIpc) is 0.698. The number of carbonyl (C=O) groups is 4. The molecule has 0 saturated carbocycles. The minimum absolute atomic E-state index is 0.0165. The summed E-state index contributed by atoms with van der Waals surface area (Å²) < 4.78 is 119. The minimum atomic E-state index is -5.38. The van der Waals surface area contributed by atoms with Crippen LogP contribution in [0.5, 0.6) is 0 Å². The van der Waals surface area contributed by atoms with Gasteiger partial charge in [0.1, 0.15) is 0 Å². The van der Waals surface area contributed by atoms with Crippen molar-refractivity contribution in [3.05, 3.63) is 243 Å². The smallest absolute Gasteiger partial charge is 0.465 e. The van der Waals surface area contributed by atoms with Gasteiger partial charge in [0.05, 0.1) is 48.1 Å². The van der Waals surface area contributed by atoms with Gasteiger partial charge in [0.2, 0.25) is 0 Å². The van der Waals surface area contributed by atoms with Crippen LogP contribution in [-0.4, -0.2) is 134 Å². The second kappa shape index (κ2) is 38.3. The van der Waals surface area contributed by atoms with Crippen LogP contribution in [0.25, 0.3) is 0 Å². The predicted molar refractivity (Wildman–Crippen MR) is 456 cm³/mol. The van der Waals surface area contributed by atoms with Crippen LogP contribution in [-0.2, 0) is 84.0 Å². The molecule has 0 radical (unpaired) electrons. The van der Waals surface area contributed by atoms with E-state index in [-0.39, 0.29) is 76.3 Å². The van der Waals surface area contributed by atoms with E-state index >= 15 is 0 Å². The number of carbonyl (C=O) groups excluding carboxylic acids is 4. The van der Waals surface area contributed by atoms with Crippen LogP contribution >= 0.6 is 0 Å². The van der Waals surface area contributed by atoms with Gasteiger partial charge in [-0.15, -0.1) is 0 Å². The van der Waals surface area contributed by atoms with Gasteiger partial charge in [0.25, 0.3) is 0 Å². The lowest BCUT2D eigenvalue weighted by atomic mass is 9.91. The molecule has 8 aromatic carbocycles. The monoisotopic (exact) mass is 1670 g/mol. The highest BCUT2D eigenvalue weighted by Crippen LogP contribution is 2.47. The van der Waals surface area contributed by atoms with Crippen molar-refractivity contribution in [2.45, 2.75) is 159 Å². The third kappa shape index (κ3) is 20.5. The normalized spacial score (nSPS) is 20.1. The van der Waals surface area contributed by atoms with Gasteiger partial charge in [-0.2, -0.15) is 0 Å². The molecule has 0 aliphatic carbocycles. The third-order valence-corrected chi connectivity index (χ3v) is 57.3. The molecule has 604 valence electrons. The quantitative estimate of drug-likeness (QED) is 0.0153. The lowest BCUT2D eigenvalue weighted by molar-refractivity contribution is -0.154. The first-order valence-electron chi connectivity index (χ1n) is 39.6. The topological polar surface area (TPSA) is 207 Å². The summed E-state index contributed by atoms with van der Waals surface area (Å²) in [5.41, 5.74) is -3.42. The standard InChI is InChI=1S/C86H114O19Si8/c1-15-83(5,6)79(87)93-63-43-67-106-97-107(68-44-64-94-80(88)84(7,8)16-2,100-110(91-13,71-47-27-19-28-48-71)72-49-29-20-30-50-72)102-112(75-55-35-23-36-56-75,76-57-37-24-38-58-76)104-109(99-106,70-46-66-96-82(90)86(11,12)18-4)105-113(77-59-39-25-40-60-77,78-61-41-26-42-62-78)103-108(98-106,69-45-65-95-81(89)85(9,10)17-3)101-111(92-14,73-51-31-21-32-52-73)74-53-33-22-34-54-74/h19-42,47-62H,15-18,43-46,63-70H2,1-14H3. The van der Waals surface area contributed by atoms with Crippen molar-refractivity contribution < 1.29 is 84.0 Å². The van der Waals surface area contributed by atoms with E-state index in [0.29, 0.717) is 67.2 Å². The van der Waals surface area contributed by atoms with E-state index in [1.165, 1.54) is 0 Å². The number of benzene rings is 8. The van der Waals surface area contributed by atoms with Gasteiger partial charge in [0, 0.05) is 38.4 Å². The van der Waals surface area contributed by atoms with Gasteiger partial charge in [-0.05, 0) is 148 Å². The Hall–Kier alpha value is -7.06. The molecular formula is C86H114O19Si8. The predicted octanol–water partition coefficient (Wildman–Crippen LogP) is 12.7. The Morgan fingerprint density at radius 2 is 0.504 bits per heavy atom. The molecule has 0 spiro atoms. The molecule has 2 heterocycles. The van der Waals surface area contributed by atoms with Gasteiger partial charge in [-0.1, -0.05) is 270 Å². The summed E-state index contributed by atoms with van der Waals surface area (Å²) in [6.07, 6.45) is 2.27. The Labute approximate surface area is 678 Å². The zero-order chi connectivity index (χ0) is 81.1. The van der Waals surface area contributed by atoms with Crippen LogP contribution in [0.2, 0.25) is 24.2 Å². The van der Waals surface area contributed by atoms with Crippen molar-refractivity contribution in [2.24, 2.45) is 21.7 Å². The summed E-state index contributed by atoms with van der Waals surface area (Å²) in [7, 11) is -36.1. The lowest BCUT2D eigenvalue weighted by Crippen LogP contribution is -2.86. The maximum absolute atomic E-state index is 14.5. The number of rotatable bonds is 38. The second-order valence-electron chi connectivity index (χ2n) is 31.4. The van der Waals surface area contributed by atoms with E-state index in [1.54, 1.807) is 14.2 Å². The number of fused-ring (bicyclic) bond motifs is 2. The second-order valence-corrected chi connectivity index (χ2v) is 56.5. The fourth-order valence-corrected chi connectivity index (χ4v) is 57.9. The molecule has 0 amide bonds. The summed E-state index contributed by atoms with van der Waals surface area (Å²) in [4.78, 5) is 57.8. The van der Waals surface area contributed by atoms with Crippen molar-refractivity contribution in [3.8, 4) is 0 Å². The van der Waals surface area contributed by atoms with Crippen LogP contribution in [0.1, 0.15) is 134 Å². The van der Waals surface area contributed by atoms with Gasteiger partial charge < -0.3 is 64.8 Å². The summed E-state index contributed by atoms with van der Waals surface area (Å²) >= 11 is 0. The molecule has 19 nitrogen and oxygen atoms in total. The Balaban J connectivity index is 1.41. The fraction of sp³-hybridized carbons (Fsp3) is 0.395. The van der Waals surface area contributed by atoms with Gasteiger partial charge in [-0.3, -0.25) is 19.2 Å². The van der Waals surface area contributed by atoms with Crippen molar-refractivity contribution in [1.29, 1.82) is 0 Å². The summed E-state index contributed by atoms with van der Waals surface area (Å²) in [6, 6.07) is 77.6. The molecule has 2 unspecified atom stereocenters. The highest BCUT2D eigenvalue weighted by molar-refractivity contribution is 7.09. The summed E-state index contributed by atoms with van der Waals surface area (Å²) in [6.45, 7) is 22.1. The van der Waals surface area contributed by atoms with Gasteiger partial charge in [-0.25, -0.2) is 0 Å².